The first-order valence-electron chi connectivity index (χ1n) is 2.69. The zero-order valence-corrected chi connectivity index (χ0v) is 8.31. The summed E-state index contributed by atoms with van der Waals surface area (Å²) in [6.45, 7) is 0. The minimum absolute atomic E-state index is 0.741. The standard InChI is InChI=1S/C6H6Br2N2/c7-1-4-2-10-3-5(8)6(4)9/h2-3H,1H2,(H2,9,10). The summed E-state index contributed by atoms with van der Waals surface area (Å²) in [4.78, 5) is 3.96. The molecule has 0 saturated carbocycles. The first-order chi connectivity index (χ1) is 4.75. The smallest absolute Gasteiger partial charge is 0.0591 e. The van der Waals surface area contributed by atoms with Gasteiger partial charge in [-0.1, -0.05) is 15.9 Å². The van der Waals surface area contributed by atoms with Crippen LogP contribution in [0.5, 0.6) is 0 Å². The van der Waals surface area contributed by atoms with Gasteiger partial charge in [0, 0.05) is 23.3 Å². The third kappa shape index (κ3) is 1.49. The van der Waals surface area contributed by atoms with E-state index in [2.05, 4.69) is 36.8 Å². The van der Waals surface area contributed by atoms with Crippen molar-refractivity contribution >= 4 is 37.5 Å². The number of hydrogen-bond acceptors (Lipinski definition) is 2. The summed E-state index contributed by atoms with van der Waals surface area (Å²) in [5.41, 5.74) is 7.44. The summed E-state index contributed by atoms with van der Waals surface area (Å²) in [6.07, 6.45) is 3.43. The third-order valence-corrected chi connectivity index (χ3v) is 2.40. The largest absolute Gasteiger partial charge is 0.397 e. The van der Waals surface area contributed by atoms with Crippen LogP contribution in [0.4, 0.5) is 5.69 Å². The summed E-state index contributed by atoms with van der Waals surface area (Å²) in [5.74, 6) is 0. The molecule has 4 heteroatoms. The topological polar surface area (TPSA) is 38.9 Å². The van der Waals surface area contributed by atoms with Gasteiger partial charge in [-0.2, -0.15) is 0 Å². The van der Waals surface area contributed by atoms with Gasteiger partial charge < -0.3 is 5.73 Å². The van der Waals surface area contributed by atoms with E-state index in [1.165, 1.54) is 0 Å². The van der Waals surface area contributed by atoms with Crippen LogP contribution >= 0.6 is 31.9 Å². The van der Waals surface area contributed by atoms with Gasteiger partial charge in [0.05, 0.1) is 10.2 Å². The Bertz CT molecular complexity index is 237. The maximum atomic E-state index is 5.68. The van der Waals surface area contributed by atoms with Crippen LogP contribution in [0.2, 0.25) is 0 Å². The molecule has 0 aliphatic heterocycles. The molecule has 0 aliphatic rings. The fourth-order valence-corrected chi connectivity index (χ4v) is 1.41. The Morgan fingerprint density at radius 2 is 2.20 bits per heavy atom. The van der Waals surface area contributed by atoms with E-state index in [1.807, 2.05) is 0 Å². The molecule has 0 unspecified atom stereocenters. The lowest BCUT2D eigenvalue weighted by Crippen LogP contribution is -1.93. The second kappa shape index (κ2) is 3.34. The molecule has 0 aliphatic carbocycles. The average Bonchev–Trinajstić information content (AvgIpc) is 1.95. The molecular formula is C6H6Br2N2. The number of anilines is 1. The summed E-state index contributed by atoms with van der Waals surface area (Å²) in [5, 5.41) is 0.741. The Labute approximate surface area is 76.1 Å². The molecule has 0 atom stereocenters. The molecule has 2 nitrogen and oxygen atoms in total. The molecule has 0 amide bonds. The van der Waals surface area contributed by atoms with Crippen molar-refractivity contribution in [3.05, 3.63) is 22.4 Å². The Morgan fingerprint density at radius 3 is 2.70 bits per heavy atom. The highest BCUT2D eigenvalue weighted by atomic mass is 79.9. The highest BCUT2D eigenvalue weighted by Gasteiger charge is 1.99. The van der Waals surface area contributed by atoms with E-state index >= 15 is 0 Å². The second-order valence-electron chi connectivity index (χ2n) is 1.83. The summed E-state index contributed by atoms with van der Waals surface area (Å²) < 4.78 is 0.851. The summed E-state index contributed by atoms with van der Waals surface area (Å²) in [6, 6.07) is 0. The molecule has 0 bridgehead atoms. The molecule has 0 spiro atoms. The highest BCUT2D eigenvalue weighted by Crippen LogP contribution is 2.22. The van der Waals surface area contributed by atoms with E-state index in [1.54, 1.807) is 12.4 Å². The van der Waals surface area contributed by atoms with Crippen LogP contribution in [0, 0.1) is 0 Å². The first kappa shape index (κ1) is 8.01. The predicted octanol–water partition coefficient (Wildman–Crippen LogP) is 2.32. The van der Waals surface area contributed by atoms with Gasteiger partial charge in [-0.15, -0.1) is 0 Å². The van der Waals surface area contributed by atoms with Crippen molar-refractivity contribution in [3.63, 3.8) is 0 Å². The van der Waals surface area contributed by atoms with Crippen molar-refractivity contribution in [1.29, 1.82) is 0 Å². The van der Waals surface area contributed by atoms with Crippen LogP contribution in [0.3, 0.4) is 0 Å². The van der Waals surface area contributed by atoms with E-state index in [0.717, 1.165) is 21.1 Å². The normalized spacial score (nSPS) is 9.80. The van der Waals surface area contributed by atoms with Crippen LogP contribution in [-0.4, -0.2) is 4.98 Å². The Morgan fingerprint density at radius 1 is 1.50 bits per heavy atom. The quantitative estimate of drug-likeness (QED) is 0.792. The molecule has 0 aromatic carbocycles. The van der Waals surface area contributed by atoms with Gasteiger partial charge in [0.2, 0.25) is 0 Å². The number of alkyl halides is 1. The molecule has 1 rings (SSSR count). The summed E-state index contributed by atoms with van der Waals surface area (Å²) in [7, 11) is 0. The number of rotatable bonds is 1. The Hall–Kier alpha value is -0.0900. The lowest BCUT2D eigenvalue weighted by atomic mass is 10.3. The Balaban J connectivity index is 3.14. The second-order valence-corrected chi connectivity index (χ2v) is 3.24. The van der Waals surface area contributed by atoms with Gasteiger partial charge in [-0.05, 0) is 15.9 Å². The van der Waals surface area contributed by atoms with Crippen molar-refractivity contribution in [3.8, 4) is 0 Å². The highest BCUT2D eigenvalue weighted by molar-refractivity contribution is 9.10. The van der Waals surface area contributed by atoms with Crippen LogP contribution < -0.4 is 5.73 Å². The minimum atomic E-state index is 0.741. The van der Waals surface area contributed by atoms with Crippen molar-refractivity contribution in [2.45, 2.75) is 5.33 Å². The third-order valence-electron chi connectivity index (χ3n) is 1.17. The molecule has 1 aromatic rings. The lowest BCUT2D eigenvalue weighted by Gasteiger charge is -2.01. The molecule has 10 heavy (non-hydrogen) atoms. The Kier molecular flexibility index (Phi) is 2.68. The van der Waals surface area contributed by atoms with E-state index in [9.17, 15) is 0 Å². The molecule has 0 fully saturated rings. The SMILES string of the molecule is Nc1c(Br)cncc1CBr. The van der Waals surface area contributed by atoms with Gasteiger partial charge in [0.1, 0.15) is 0 Å². The zero-order chi connectivity index (χ0) is 7.56. The monoisotopic (exact) mass is 264 g/mol. The number of pyridine rings is 1. The zero-order valence-electron chi connectivity index (χ0n) is 5.14. The van der Waals surface area contributed by atoms with Gasteiger partial charge in [0.15, 0.2) is 0 Å². The van der Waals surface area contributed by atoms with Crippen molar-refractivity contribution in [1.82, 2.24) is 4.98 Å². The maximum absolute atomic E-state index is 5.68. The maximum Gasteiger partial charge on any atom is 0.0591 e. The van der Waals surface area contributed by atoms with Crippen molar-refractivity contribution in [2.75, 3.05) is 5.73 Å². The lowest BCUT2D eigenvalue weighted by molar-refractivity contribution is 1.25. The van der Waals surface area contributed by atoms with Crippen molar-refractivity contribution < 1.29 is 0 Å². The average molecular weight is 266 g/mol. The molecule has 0 saturated heterocycles. The van der Waals surface area contributed by atoms with Gasteiger partial charge in [-0.3, -0.25) is 4.98 Å². The molecule has 54 valence electrons. The molecule has 2 N–H and O–H groups in total. The fourth-order valence-electron chi connectivity index (χ4n) is 0.592. The molecule has 0 radical (unpaired) electrons. The van der Waals surface area contributed by atoms with E-state index < -0.39 is 0 Å². The van der Waals surface area contributed by atoms with Crippen LogP contribution in [0.15, 0.2) is 16.9 Å². The predicted molar refractivity (Wildman–Crippen MR) is 49.0 cm³/mol. The molecular weight excluding hydrogens is 260 g/mol. The fraction of sp³-hybridized carbons (Fsp3) is 0.167. The van der Waals surface area contributed by atoms with Crippen LogP contribution in [0.25, 0.3) is 0 Å². The number of nitrogens with two attached hydrogens (primary N) is 1. The number of aromatic nitrogens is 1. The number of nitrogens with zero attached hydrogens (tertiary/aromatic N) is 1. The number of hydrogen-bond donors (Lipinski definition) is 1. The van der Waals surface area contributed by atoms with Crippen LogP contribution in [0.1, 0.15) is 5.56 Å². The van der Waals surface area contributed by atoms with Crippen LogP contribution in [-0.2, 0) is 5.33 Å². The molecule has 1 heterocycles. The van der Waals surface area contributed by atoms with Gasteiger partial charge >= 0.3 is 0 Å². The molecule has 1 aromatic heterocycles. The van der Waals surface area contributed by atoms with E-state index in [0.29, 0.717) is 0 Å². The van der Waals surface area contributed by atoms with Gasteiger partial charge in [-0.25, -0.2) is 0 Å². The first-order valence-corrected chi connectivity index (χ1v) is 4.61. The number of halogens is 2. The van der Waals surface area contributed by atoms with E-state index in [4.69, 9.17) is 5.73 Å². The van der Waals surface area contributed by atoms with Crippen molar-refractivity contribution in [2.24, 2.45) is 0 Å². The summed E-state index contributed by atoms with van der Waals surface area (Å²) >= 11 is 6.58. The number of nitrogen functional groups attached to an aromatic ring is 1. The van der Waals surface area contributed by atoms with Gasteiger partial charge in [0.25, 0.3) is 0 Å². The van der Waals surface area contributed by atoms with E-state index in [-0.39, 0.29) is 0 Å². The minimum Gasteiger partial charge on any atom is -0.397 e.